The van der Waals surface area contributed by atoms with Crippen molar-refractivity contribution in [2.45, 2.75) is 31.8 Å². The molecule has 130 valence electrons. The van der Waals surface area contributed by atoms with Gasteiger partial charge in [0, 0.05) is 25.3 Å². The van der Waals surface area contributed by atoms with Gasteiger partial charge in [-0.1, -0.05) is 18.6 Å². The number of hydrogen-bond acceptors (Lipinski definition) is 4. The number of amides is 2. The molecule has 0 spiro atoms. The predicted octanol–water partition coefficient (Wildman–Crippen LogP) is 2.36. The molecule has 1 aliphatic carbocycles. The first kappa shape index (κ1) is 17.1. The van der Waals surface area contributed by atoms with Gasteiger partial charge in [-0.3, -0.25) is 9.59 Å². The monoisotopic (exact) mass is 348 g/mol. The second kappa shape index (κ2) is 7.47. The van der Waals surface area contributed by atoms with Gasteiger partial charge in [0.1, 0.15) is 11.8 Å². The van der Waals surface area contributed by atoms with Crippen LogP contribution in [0.5, 0.6) is 5.75 Å². The molecule has 1 saturated carbocycles. The van der Waals surface area contributed by atoms with Gasteiger partial charge in [0.05, 0.1) is 13.0 Å². The summed E-state index contributed by atoms with van der Waals surface area (Å²) in [4.78, 5) is 28.9. The van der Waals surface area contributed by atoms with Crippen LogP contribution in [0, 0.1) is 5.92 Å². The highest BCUT2D eigenvalue weighted by Crippen LogP contribution is 2.32. The minimum atomic E-state index is -0.321. The van der Waals surface area contributed by atoms with E-state index in [1.165, 1.54) is 0 Å². The first-order valence-corrected chi connectivity index (χ1v) is 9.51. The number of methoxy groups -OCH3 is 1. The number of carbonyl (C=O) groups is 2. The zero-order valence-corrected chi connectivity index (χ0v) is 15.1. The van der Waals surface area contributed by atoms with Gasteiger partial charge < -0.3 is 14.5 Å². The maximum Gasteiger partial charge on any atom is 0.246 e. The molecule has 2 aliphatic rings. The largest absolute Gasteiger partial charge is 0.497 e. The summed E-state index contributed by atoms with van der Waals surface area (Å²) in [6.07, 6.45) is 3.08. The fourth-order valence-electron chi connectivity index (χ4n) is 3.13. The first-order valence-electron chi connectivity index (χ1n) is 8.36. The SMILES string of the molecule is COc1cccc(CN(C)C(=O)C2CSCN2C(=O)C2CCC2)c1. The third-order valence-electron chi connectivity index (χ3n) is 4.83. The Morgan fingerprint density at radius 1 is 1.38 bits per heavy atom. The molecule has 24 heavy (non-hydrogen) atoms. The Hall–Kier alpha value is -1.69. The van der Waals surface area contributed by atoms with Gasteiger partial charge in [-0.15, -0.1) is 11.8 Å². The van der Waals surface area contributed by atoms with Gasteiger partial charge in [-0.25, -0.2) is 0 Å². The Balaban J connectivity index is 1.64. The molecule has 0 N–H and O–H groups in total. The van der Waals surface area contributed by atoms with E-state index in [1.807, 2.05) is 24.3 Å². The molecular formula is C18H24N2O3S. The Bertz CT molecular complexity index is 618. The second-order valence-electron chi connectivity index (χ2n) is 6.50. The molecule has 1 unspecified atom stereocenters. The number of ether oxygens (including phenoxy) is 1. The fourth-order valence-corrected chi connectivity index (χ4v) is 4.29. The minimum absolute atomic E-state index is 0.0236. The molecule has 5 nitrogen and oxygen atoms in total. The highest BCUT2D eigenvalue weighted by molar-refractivity contribution is 7.99. The number of thioether (sulfide) groups is 1. The molecule has 1 atom stereocenters. The van der Waals surface area contributed by atoms with E-state index in [0.717, 1.165) is 30.6 Å². The van der Waals surface area contributed by atoms with Gasteiger partial charge in [-0.05, 0) is 30.5 Å². The maximum absolute atomic E-state index is 12.8. The molecular weight excluding hydrogens is 324 g/mol. The molecule has 2 amide bonds. The van der Waals surface area contributed by atoms with Crippen molar-refractivity contribution < 1.29 is 14.3 Å². The predicted molar refractivity (Wildman–Crippen MR) is 94.8 cm³/mol. The van der Waals surface area contributed by atoms with Crippen molar-refractivity contribution in [1.82, 2.24) is 9.80 Å². The maximum atomic E-state index is 12.8. The topological polar surface area (TPSA) is 49.9 Å². The lowest BCUT2D eigenvalue weighted by Gasteiger charge is -2.33. The molecule has 0 bridgehead atoms. The number of nitrogens with zero attached hydrogens (tertiary/aromatic N) is 2. The third kappa shape index (κ3) is 3.53. The second-order valence-corrected chi connectivity index (χ2v) is 7.50. The number of rotatable bonds is 5. The van der Waals surface area contributed by atoms with E-state index in [4.69, 9.17) is 4.74 Å². The lowest BCUT2D eigenvalue weighted by molar-refractivity contribution is -0.146. The molecule has 6 heteroatoms. The Kier molecular flexibility index (Phi) is 5.33. The van der Waals surface area contributed by atoms with Crippen LogP contribution in [0.2, 0.25) is 0 Å². The van der Waals surface area contributed by atoms with Gasteiger partial charge in [0.25, 0.3) is 0 Å². The zero-order valence-electron chi connectivity index (χ0n) is 14.2. The van der Waals surface area contributed by atoms with Gasteiger partial charge in [0.15, 0.2) is 0 Å². The fraction of sp³-hybridized carbons (Fsp3) is 0.556. The lowest BCUT2D eigenvalue weighted by Crippen LogP contribution is -2.50. The van der Waals surface area contributed by atoms with E-state index >= 15 is 0 Å². The van der Waals surface area contributed by atoms with Gasteiger partial charge in [-0.2, -0.15) is 0 Å². The van der Waals surface area contributed by atoms with Crippen LogP contribution in [0.15, 0.2) is 24.3 Å². The smallest absolute Gasteiger partial charge is 0.246 e. The summed E-state index contributed by atoms with van der Waals surface area (Å²) < 4.78 is 5.23. The number of benzene rings is 1. The highest BCUT2D eigenvalue weighted by atomic mass is 32.2. The van der Waals surface area contributed by atoms with E-state index < -0.39 is 0 Å². The van der Waals surface area contributed by atoms with Crippen LogP contribution in [0.4, 0.5) is 0 Å². The lowest BCUT2D eigenvalue weighted by atomic mass is 9.84. The Morgan fingerprint density at radius 3 is 2.83 bits per heavy atom. The van der Waals surface area contributed by atoms with Crippen LogP contribution in [0.1, 0.15) is 24.8 Å². The molecule has 1 heterocycles. The van der Waals surface area contributed by atoms with Crippen molar-refractivity contribution in [3.63, 3.8) is 0 Å². The summed E-state index contributed by atoms with van der Waals surface area (Å²) in [6, 6.07) is 7.40. The van der Waals surface area contributed by atoms with Gasteiger partial charge in [0.2, 0.25) is 11.8 Å². The molecule has 0 radical (unpaired) electrons. The summed E-state index contributed by atoms with van der Waals surface area (Å²) in [7, 11) is 3.43. The van der Waals surface area contributed by atoms with Gasteiger partial charge >= 0.3 is 0 Å². The first-order chi connectivity index (χ1) is 11.6. The normalized spacial score (nSPS) is 20.6. The summed E-state index contributed by atoms with van der Waals surface area (Å²) in [5, 5.41) is 0. The third-order valence-corrected chi connectivity index (χ3v) is 5.85. The van der Waals surface area contributed by atoms with Crippen molar-refractivity contribution in [2.75, 3.05) is 25.8 Å². The van der Waals surface area contributed by atoms with Crippen LogP contribution >= 0.6 is 11.8 Å². The van der Waals surface area contributed by atoms with Crippen molar-refractivity contribution >= 4 is 23.6 Å². The van der Waals surface area contributed by atoms with E-state index in [-0.39, 0.29) is 23.8 Å². The van der Waals surface area contributed by atoms with Crippen LogP contribution in [-0.2, 0) is 16.1 Å². The average Bonchev–Trinajstić information content (AvgIpc) is 3.02. The summed E-state index contributed by atoms with van der Waals surface area (Å²) >= 11 is 1.67. The van der Waals surface area contributed by atoms with Crippen LogP contribution in [0.3, 0.4) is 0 Å². The molecule has 3 rings (SSSR count). The van der Waals surface area contributed by atoms with Crippen molar-refractivity contribution in [2.24, 2.45) is 5.92 Å². The number of carbonyl (C=O) groups excluding carboxylic acids is 2. The number of hydrogen-bond donors (Lipinski definition) is 0. The summed E-state index contributed by atoms with van der Waals surface area (Å²) in [5.74, 6) is 2.45. The van der Waals surface area contributed by atoms with Crippen LogP contribution in [0.25, 0.3) is 0 Å². The average molecular weight is 348 g/mol. The van der Waals surface area contributed by atoms with Crippen molar-refractivity contribution in [3.8, 4) is 5.75 Å². The Morgan fingerprint density at radius 2 is 2.17 bits per heavy atom. The van der Waals surface area contributed by atoms with Crippen molar-refractivity contribution in [3.05, 3.63) is 29.8 Å². The molecule has 0 aromatic heterocycles. The highest BCUT2D eigenvalue weighted by Gasteiger charge is 2.40. The van der Waals surface area contributed by atoms with E-state index in [0.29, 0.717) is 18.2 Å². The van der Waals surface area contributed by atoms with E-state index in [2.05, 4.69) is 0 Å². The number of likely N-dealkylation sites (N-methyl/N-ethyl adjacent to an activating group) is 1. The minimum Gasteiger partial charge on any atom is -0.497 e. The van der Waals surface area contributed by atoms with Crippen LogP contribution in [-0.4, -0.2) is 53.4 Å². The standard InChI is InChI=1S/C18H24N2O3S/c1-19(10-13-5-3-8-15(9-13)23-2)18(22)16-11-24-12-20(16)17(21)14-6-4-7-14/h3,5,8-9,14,16H,4,6-7,10-12H2,1-2H3. The van der Waals surface area contributed by atoms with Crippen molar-refractivity contribution in [1.29, 1.82) is 0 Å². The summed E-state index contributed by atoms with van der Waals surface area (Å²) in [5.41, 5.74) is 1.02. The van der Waals surface area contributed by atoms with E-state index in [1.54, 1.807) is 35.7 Å². The van der Waals surface area contributed by atoms with E-state index in [9.17, 15) is 9.59 Å². The summed E-state index contributed by atoms with van der Waals surface area (Å²) in [6.45, 7) is 0.517. The molecule has 1 saturated heterocycles. The quantitative estimate of drug-likeness (QED) is 0.820. The molecule has 1 aliphatic heterocycles. The zero-order chi connectivity index (χ0) is 17.1. The molecule has 1 aromatic carbocycles. The Labute approximate surface area is 147 Å². The molecule has 1 aromatic rings. The molecule has 2 fully saturated rings. The van der Waals surface area contributed by atoms with Crippen LogP contribution < -0.4 is 4.74 Å².